The molecule has 2 fully saturated rings. The van der Waals surface area contributed by atoms with Crippen LogP contribution in [0, 0.1) is 24.2 Å². The van der Waals surface area contributed by atoms with Gasteiger partial charge in [0.2, 0.25) is 0 Å². The van der Waals surface area contributed by atoms with Crippen molar-refractivity contribution in [3.8, 4) is 0 Å². The third-order valence-corrected chi connectivity index (χ3v) is 5.95. The third kappa shape index (κ3) is 3.51. The molecule has 3 unspecified atom stereocenters. The number of fused-ring (bicyclic) bond motifs is 2. The molecule has 0 aromatic heterocycles. The van der Waals surface area contributed by atoms with E-state index in [1.807, 2.05) is 0 Å². The Labute approximate surface area is 130 Å². The van der Waals surface area contributed by atoms with Crippen molar-refractivity contribution in [2.24, 2.45) is 17.3 Å². The van der Waals surface area contributed by atoms with Gasteiger partial charge in [0.15, 0.2) is 0 Å². The molecular weight excluding hydrogens is 254 g/mol. The van der Waals surface area contributed by atoms with Crippen molar-refractivity contribution in [3.05, 3.63) is 35.4 Å². The Morgan fingerprint density at radius 1 is 1.19 bits per heavy atom. The van der Waals surface area contributed by atoms with Gasteiger partial charge in [-0.1, -0.05) is 43.2 Å². The normalized spacial score (nSPS) is 31.8. The second-order valence-electron chi connectivity index (χ2n) is 7.98. The fraction of sp³-hybridized carbons (Fsp3) is 0.700. The lowest BCUT2D eigenvalue weighted by Gasteiger charge is -2.40. The molecule has 0 N–H and O–H groups in total. The SMILES string of the molecule is CCC1CC2CCC(CN(C)Cc3ccc(C)cc3)(C1)C2. The number of hydrogen-bond acceptors (Lipinski definition) is 1. The monoisotopic (exact) mass is 285 g/mol. The van der Waals surface area contributed by atoms with Gasteiger partial charge < -0.3 is 4.90 Å². The zero-order valence-corrected chi connectivity index (χ0v) is 14.1. The molecule has 2 aliphatic carbocycles. The molecule has 0 saturated heterocycles. The maximum Gasteiger partial charge on any atom is 0.0230 e. The van der Waals surface area contributed by atoms with Crippen molar-refractivity contribution >= 4 is 0 Å². The van der Waals surface area contributed by atoms with Crippen molar-refractivity contribution in [3.63, 3.8) is 0 Å². The summed E-state index contributed by atoms with van der Waals surface area (Å²) in [5.74, 6) is 2.04. The molecule has 0 spiro atoms. The summed E-state index contributed by atoms with van der Waals surface area (Å²) < 4.78 is 0. The summed E-state index contributed by atoms with van der Waals surface area (Å²) in [5.41, 5.74) is 3.46. The molecule has 1 aromatic rings. The number of aryl methyl sites for hydroxylation is 1. The Morgan fingerprint density at radius 3 is 2.67 bits per heavy atom. The zero-order chi connectivity index (χ0) is 14.9. The minimum atomic E-state index is 0.642. The maximum absolute atomic E-state index is 2.57. The molecule has 21 heavy (non-hydrogen) atoms. The maximum atomic E-state index is 2.57. The fourth-order valence-electron chi connectivity index (χ4n) is 5.03. The van der Waals surface area contributed by atoms with Crippen LogP contribution in [0.4, 0.5) is 0 Å². The van der Waals surface area contributed by atoms with Crippen molar-refractivity contribution in [1.29, 1.82) is 0 Å². The van der Waals surface area contributed by atoms with Gasteiger partial charge in [0, 0.05) is 13.1 Å². The standard InChI is InChI=1S/C20H31N/c1-4-17-11-19-9-10-20(12-17,13-19)15-21(3)14-18-7-5-16(2)6-8-18/h5-8,17,19H,4,9-15H2,1-3H3. The van der Waals surface area contributed by atoms with Crippen molar-refractivity contribution in [2.45, 2.75) is 58.9 Å². The van der Waals surface area contributed by atoms with E-state index in [0.29, 0.717) is 5.41 Å². The molecule has 2 aliphatic rings. The zero-order valence-electron chi connectivity index (χ0n) is 14.1. The molecular formula is C20H31N. The lowest BCUT2D eigenvalue weighted by Crippen LogP contribution is -2.37. The highest BCUT2D eigenvalue weighted by Gasteiger charge is 2.45. The van der Waals surface area contributed by atoms with Crippen LogP contribution in [0.25, 0.3) is 0 Å². The molecule has 2 saturated carbocycles. The lowest BCUT2D eigenvalue weighted by atomic mass is 9.70. The molecule has 2 bridgehead atoms. The van der Waals surface area contributed by atoms with Crippen LogP contribution in [0.15, 0.2) is 24.3 Å². The van der Waals surface area contributed by atoms with E-state index in [2.05, 4.69) is 50.1 Å². The topological polar surface area (TPSA) is 3.24 Å². The van der Waals surface area contributed by atoms with Crippen LogP contribution < -0.4 is 0 Å². The van der Waals surface area contributed by atoms with E-state index in [9.17, 15) is 0 Å². The summed E-state index contributed by atoms with van der Waals surface area (Å²) in [6, 6.07) is 9.05. The van der Waals surface area contributed by atoms with E-state index in [1.54, 1.807) is 0 Å². The van der Waals surface area contributed by atoms with Gasteiger partial charge in [-0.05, 0) is 68.9 Å². The molecule has 3 rings (SSSR count). The van der Waals surface area contributed by atoms with Gasteiger partial charge in [-0.25, -0.2) is 0 Å². The van der Waals surface area contributed by atoms with Gasteiger partial charge in [0.05, 0.1) is 0 Å². The van der Waals surface area contributed by atoms with Gasteiger partial charge in [-0.3, -0.25) is 0 Å². The van der Waals surface area contributed by atoms with Crippen molar-refractivity contribution < 1.29 is 0 Å². The first-order valence-corrected chi connectivity index (χ1v) is 8.83. The molecule has 0 amide bonds. The minimum absolute atomic E-state index is 0.642. The van der Waals surface area contributed by atoms with Crippen LogP contribution in [0.2, 0.25) is 0 Å². The first kappa shape index (κ1) is 15.1. The van der Waals surface area contributed by atoms with Gasteiger partial charge in [0.25, 0.3) is 0 Å². The number of nitrogens with zero attached hydrogens (tertiary/aromatic N) is 1. The minimum Gasteiger partial charge on any atom is -0.302 e. The van der Waals surface area contributed by atoms with Gasteiger partial charge >= 0.3 is 0 Å². The summed E-state index contributed by atoms with van der Waals surface area (Å²) >= 11 is 0. The Balaban J connectivity index is 1.61. The molecule has 1 aromatic carbocycles. The van der Waals surface area contributed by atoms with E-state index >= 15 is 0 Å². The van der Waals surface area contributed by atoms with Crippen LogP contribution in [-0.4, -0.2) is 18.5 Å². The van der Waals surface area contributed by atoms with Crippen LogP contribution in [-0.2, 0) is 6.54 Å². The second-order valence-corrected chi connectivity index (χ2v) is 7.98. The third-order valence-electron chi connectivity index (χ3n) is 5.95. The highest BCUT2D eigenvalue weighted by molar-refractivity contribution is 5.21. The average molecular weight is 285 g/mol. The Hall–Kier alpha value is -0.820. The fourth-order valence-corrected chi connectivity index (χ4v) is 5.03. The molecule has 0 heterocycles. The molecule has 116 valence electrons. The summed E-state index contributed by atoms with van der Waals surface area (Å²) in [4.78, 5) is 2.57. The van der Waals surface area contributed by atoms with Crippen LogP contribution >= 0.6 is 0 Å². The second kappa shape index (κ2) is 6.12. The van der Waals surface area contributed by atoms with E-state index < -0.39 is 0 Å². The van der Waals surface area contributed by atoms with Gasteiger partial charge in [-0.2, -0.15) is 0 Å². The predicted octanol–water partition coefficient (Wildman–Crippen LogP) is 5.03. The Kier molecular flexibility index (Phi) is 4.40. The van der Waals surface area contributed by atoms with Crippen LogP contribution in [0.5, 0.6) is 0 Å². The smallest absolute Gasteiger partial charge is 0.0230 e. The average Bonchev–Trinajstić information content (AvgIpc) is 2.75. The van der Waals surface area contributed by atoms with E-state index in [-0.39, 0.29) is 0 Å². The summed E-state index contributed by atoms with van der Waals surface area (Å²) in [7, 11) is 2.32. The molecule has 3 atom stereocenters. The molecule has 0 radical (unpaired) electrons. The lowest BCUT2D eigenvalue weighted by molar-refractivity contribution is 0.0980. The number of hydrogen-bond donors (Lipinski definition) is 0. The van der Waals surface area contributed by atoms with Crippen LogP contribution in [0.3, 0.4) is 0 Å². The van der Waals surface area contributed by atoms with E-state index in [0.717, 1.165) is 18.4 Å². The van der Waals surface area contributed by atoms with Crippen molar-refractivity contribution in [2.75, 3.05) is 13.6 Å². The predicted molar refractivity (Wildman–Crippen MR) is 90.3 cm³/mol. The Morgan fingerprint density at radius 2 is 1.95 bits per heavy atom. The quantitative estimate of drug-likeness (QED) is 0.733. The molecule has 0 aliphatic heterocycles. The van der Waals surface area contributed by atoms with Gasteiger partial charge in [0.1, 0.15) is 0 Å². The number of benzene rings is 1. The Bertz CT molecular complexity index is 463. The number of rotatable bonds is 5. The van der Waals surface area contributed by atoms with Crippen LogP contribution in [0.1, 0.15) is 56.6 Å². The summed E-state index contributed by atoms with van der Waals surface area (Å²) in [5, 5.41) is 0. The molecule has 1 nitrogen and oxygen atoms in total. The van der Waals surface area contributed by atoms with E-state index in [4.69, 9.17) is 0 Å². The molecule has 1 heteroatoms. The largest absolute Gasteiger partial charge is 0.302 e. The highest BCUT2D eigenvalue weighted by Crippen LogP contribution is 2.54. The van der Waals surface area contributed by atoms with E-state index in [1.165, 1.54) is 56.2 Å². The first-order chi connectivity index (χ1) is 10.1. The van der Waals surface area contributed by atoms with Crippen molar-refractivity contribution in [1.82, 2.24) is 4.90 Å². The first-order valence-electron chi connectivity index (χ1n) is 8.83. The summed E-state index contributed by atoms with van der Waals surface area (Å²) in [6.45, 7) is 6.95. The summed E-state index contributed by atoms with van der Waals surface area (Å²) in [6.07, 6.45) is 8.86. The van der Waals surface area contributed by atoms with Gasteiger partial charge in [-0.15, -0.1) is 0 Å². The highest BCUT2D eigenvalue weighted by atomic mass is 15.1.